The van der Waals surface area contributed by atoms with Gasteiger partial charge >= 0.3 is 0 Å². The number of rotatable bonds is 2. The SMILES string of the molecule is COc1ccc(N)cc1C(C)(C)N. The van der Waals surface area contributed by atoms with E-state index < -0.39 is 5.54 Å². The summed E-state index contributed by atoms with van der Waals surface area (Å²) in [6.45, 7) is 3.84. The molecule has 0 fully saturated rings. The van der Waals surface area contributed by atoms with E-state index in [0.717, 1.165) is 11.3 Å². The first-order valence-electron chi connectivity index (χ1n) is 4.18. The Morgan fingerprint density at radius 3 is 2.38 bits per heavy atom. The van der Waals surface area contributed by atoms with Crippen LogP contribution in [0.2, 0.25) is 0 Å². The van der Waals surface area contributed by atoms with Crippen LogP contribution in [0.25, 0.3) is 0 Å². The highest BCUT2D eigenvalue weighted by Gasteiger charge is 2.18. The Balaban J connectivity index is 3.24. The van der Waals surface area contributed by atoms with Crippen molar-refractivity contribution in [2.45, 2.75) is 19.4 Å². The number of anilines is 1. The Morgan fingerprint density at radius 2 is 1.92 bits per heavy atom. The molecule has 1 rings (SSSR count). The van der Waals surface area contributed by atoms with Crippen LogP contribution in [-0.2, 0) is 5.54 Å². The zero-order valence-corrected chi connectivity index (χ0v) is 8.29. The number of hydrogen-bond acceptors (Lipinski definition) is 3. The molecule has 0 aliphatic heterocycles. The molecule has 13 heavy (non-hydrogen) atoms. The Morgan fingerprint density at radius 1 is 1.31 bits per heavy atom. The normalized spacial score (nSPS) is 11.4. The third kappa shape index (κ3) is 2.12. The molecule has 0 saturated carbocycles. The predicted octanol–water partition coefficient (Wildman–Crippen LogP) is 1.47. The number of methoxy groups -OCH3 is 1. The van der Waals surface area contributed by atoms with Crippen molar-refractivity contribution in [3.05, 3.63) is 23.8 Å². The summed E-state index contributed by atoms with van der Waals surface area (Å²) in [6.07, 6.45) is 0. The van der Waals surface area contributed by atoms with Crippen molar-refractivity contribution in [1.29, 1.82) is 0 Å². The minimum Gasteiger partial charge on any atom is -0.496 e. The summed E-state index contributed by atoms with van der Waals surface area (Å²) in [7, 11) is 1.63. The number of benzene rings is 1. The minimum absolute atomic E-state index is 0.430. The zero-order chi connectivity index (χ0) is 10.1. The molecular weight excluding hydrogens is 164 g/mol. The molecule has 1 aromatic rings. The lowest BCUT2D eigenvalue weighted by Crippen LogP contribution is -2.29. The van der Waals surface area contributed by atoms with Crippen LogP contribution >= 0.6 is 0 Å². The molecule has 0 saturated heterocycles. The third-order valence-corrected chi connectivity index (χ3v) is 1.92. The summed E-state index contributed by atoms with van der Waals surface area (Å²) < 4.78 is 5.19. The van der Waals surface area contributed by atoms with Crippen LogP contribution in [0.5, 0.6) is 5.75 Å². The minimum atomic E-state index is -0.430. The number of ether oxygens (including phenoxy) is 1. The second kappa shape index (κ2) is 3.26. The molecule has 4 N–H and O–H groups in total. The summed E-state index contributed by atoms with van der Waals surface area (Å²) >= 11 is 0. The third-order valence-electron chi connectivity index (χ3n) is 1.92. The van der Waals surface area contributed by atoms with E-state index in [0.29, 0.717) is 5.69 Å². The summed E-state index contributed by atoms with van der Waals surface area (Å²) in [5.74, 6) is 0.779. The average Bonchev–Trinajstić information content (AvgIpc) is 2.03. The molecule has 72 valence electrons. The Bertz CT molecular complexity index is 302. The molecular formula is C10H16N2O. The maximum Gasteiger partial charge on any atom is 0.124 e. The summed E-state index contributed by atoms with van der Waals surface area (Å²) in [6, 6.07) is 5.48. The molecule has 0 radical (unpaired) electrons. The van der Waals surface area contributed by atoms with Crippen LogP contribution < -0.4 is 16.2 Å². The predicted molar refractivity (Wildman–Crippen MR) is 54.6 cm³/mol. The largest absolute Gasteiger partial charge is 0.496 e. The smallest absolute Gasteiger partial charge is 0.124 e. The Labute approximate surface area is 78.7 Å². The van der Waals surface area contributed by atoms with Gasteiger partial charge in [0.15, 0.2) is 0 Å². The van der Waals surface area contributed by atoms with Gasteiger partial charge in [0.05, 0.1) is 7.11 Å². The van der Waals surface area contributed by atoms with Gasteiger partial charge in [0.1, 0.15) is 5.75 Å². The van der Waals surface area contributed by atoms with Crippen molar-refractivity contribution in [2.24, 2.45) is 5.73 Å². The highest BCUT2D eigenvalue weighted by Crippen LogP contribution is 2.29. The van der Waals surface area contributed by atoms with Crippen molar-refractivity contribution >= 4 is 5.69 Å². The standard InChI is InChI=1S/C10H16N2O/c1-10(2,12)8-6-7(11)4-5-9(8)13-3/h4-6H,11-12H2,1-3H3. The molecule has 0 aliphatic rings. The van der Waals surface area contributed by atoms with Crippen molar-refractivity contribution in [3.8, 4) is 5.75 Å². The fraction of sp³-hybridized carbons (Fsp3) is 0.400. The van der Waals surface area contributed by atoms with Gasteiger partial charge in [0, 0.05) is 16.8 Å². The van der Waals surface area contributed by atoms with Crippen molar-refractivity contribution in [2.75, 3.05) is 12.8 Å². The monoisotopic (exact) mass is 180 g/mol. The van der Waals surface area contributed by atoms with Crippen LogP contribution in [0.3, 0.4) is 0 Å². The van der Waals surface area contributed by atoms with Crippen molar-refractivity contribution in [1.82, 2.24) is 0 Å². The molecule has 0 aromatic heterocycles. The molecule has 0 heterocycles. The Kier molecular flexibility index (Phi) is 2.48. The first-order chi connectivity index (χ1) is 5.95. The highest BCUT2D eigenvalue weighted by molar-refractivity contribution is 5.50. The van der Waals surface area contributed by atoms with E-state index in [1.54, 1.807) is 13.2 Å². The van der Waals surface area contributed by atoms with Gasteiger partial charge in [-0.2, -0.15) is 0 Å². The second-order valence-corrected chi connectivity index (χ2v) is 3.68. The van der Waals surface area contributed by atoms with Crippen LogP contribution in [0.1, 0.15) is 19.4 Å². The Hall–Kier alpha value is -1.22. The fourth-order valence-electron chi connectivity index (χ4n) is 1.23. The lowest BCUT2D eigenvalue weighted by atomic mass is 9.94. The van der Waals surface area contributed by atoms with Gasteiger partial charge in [0.25, 0.3) is 0 Å². The second-order valence-electron chi connectivity index (χ2n) is 3.68. The van der Waals surface area contributed by atoms with Crippen molar-refractivity contribution < 1.29 is 4.74 Å². The molecule has 0 spiro atoms. The molecule has 0 bridgehead atoms. The first-order valence-corrected chi connectivity index (χ1v) is 4.18. The quantitative estimate of drug-likeness (QED) is 0.677. The van der Waals surface area contributed by atoms with E-state index in [-0.39, 0.29) is 0 Å². The summed E-state index contributed by atoms with van der Waals surface area (Å²) in [5.41, 5.74) is 12.8. The van der Waals surface area contributed by atoms with Crippen LogP contribution in [0, 0.1) is 0 Å². The maximum absolute atomic E-state index is 5.97. The fourth-order valence-corrected chi connectivity index (χ4v) is 1.23. The van der Waals surface area contributed by atoms with E-state index in [4.69, 9.17) is 16.2 Å². The van der Waals surface area contributed by atoms with Gasteiger partial charge in [-0.3, -0.25) is 0 Å². The van der Waals surface area contributed by atoms with Crippen LogP contribution in [0.15, 0.2) is 18.2 Å². The lowest BCUT2D eigenvalue weighted by Gasteiger charge is -2.22. The number of nitrogens with two attached hydrogens (primary N) is 2. The molecule has 0 unspecified atom stereocenters. The van der Waals surface area contributed by atoms with E-state index in [2.05, 4.69) is 0 Å². The van der Waals surface area contributed by atoms with Gasteiger partial charge < -0.3 is 16.2 Å². The average molecular weight is 180 g/mol. The van der Waals surface area contributed by atoms with Gasteiger partial charge in [-0.25, -0.2) is 0 Å². The topological polar surface area (TPSA) is 61.3 Å². The molecule has 3 nitrogen and oxygen atoms in total. The highest BCUT2D eigenvalue weighted by atomic mass is 16.5. The van der Waals surface area contributed by atoms with Crippen molar-refractivity contribution in [3.63, 3.8) is 0 Å². The first kappa shape index (κ1) is 9.86. The molecule has 0 aliphatic carbocycles. The van der Waals surface area contributed by atoms with Gasteiger partial charge in [-0.1, -0.05) is 0 Å². The van der Waals surface area contributed by atoms with Gasteiger partial charge in [-0.05, 0) is 32.0 Å². The van der Waals surface area contributed by atoms with E-state index >= 15 is 0 Å². The van der Waals surface area contributed by atoms with Crippen LogP contribution in [-0.4, -0.2) is 7.11 Å². The van der Waals surface area contributed by atoms with E-state index in [1.165, 1.54) is 0 Å². The molecule has 3 heteroatoms. The molecule has 0 atom stereocenters. The summed E-state index contributed by atoms with van der Waals surface area (Å²) in [5, 5.41) is 0. The van der Waals surface area contributed by atoms with Gasteiger partial charge in [-0.15, -0.1) is 0 Å². The number of nitrogen functional groups attached to an aromatic ring is 1. The maximum atomic E-state index is 5.97. The van der Waals surface area contributed by atoms with Gasteiger partial charge in [0.2, 0.25) is 0 Å². The van der Waals surface area contributed by atoms with E-state index in [1.807, 2.05) is 26.0 Å². The number of hydrogen-bond donors (Lipinski definition) is 2. The lowest BCUT2D eigenvalue weighted by molar-refractivity contribution is 0.394. The summed E-state index contributed by atoms with van der Waals surface area (Å²) in [4.78, 5) is 0. The molecule has 0 amide bonds. The van der Waals surface area contributed by atoms with Crippen LogP contribution in [0.4, 0.5) is 5.69 Å². The van der Waals surface area contributed by atoms with E-state index in [9.17, 15) is 0 Å². The molecule has 1 aromatic carbocycles. The zero-order valence-electron chi connectivity index (χ0n) is 8.29.